The number of benzene rings is 1. The predicted molar refractivity (Wildman–Crippen MR) is 153 cm³/mol. The molecule has 0 spiro atoms. The van der Waals surface area contributed by atoms with Gasteiger partial charge in [-0.2, -0.15) is 0 Å². The summed E-state index contributed by atoms with van der Waals surface area (Å²) < 4.78 is 0.502. The van der Waals surface area contributed by atoms with E-state index >= 15 is 0 Å². The summed E-state index contributed by atoms with van der Waals surface area (Å²) in [4.78, 5) is 11.0. The van der Waals surface area contributed by atoms with Crippen LogP contribution in [0.2, 0.25) is 0 Å². The zero-order valence-electron chi connectivity index (χ0n) is 23.3. The molecule has 0 heterocycles. The zero-order valence-corrected chi connectivity index (χ0v) is 23.3. The van der Waals surface area contributed by atoms with E-state index in [0.29, 0.717) is 4.48 Å². The van der Waals surface area contributed by atoms with Gasteiger partial charge in [0.05, 0.1) is 20.6 Å². The van der Waals surface area contributed by atoms with E-state index < -0.39 is 5.97 Å². The highest BCUT2D eigenvalue weighted by molar-refractivity contribution is 5.68. The third-order valence-electron chi connectivity index (χ3n) is 6.48. The van der Waals surface area contributed by atoms with Crippen LogP contribution in [0.15, 0.2) is 18.2 Å². The van der Waals surface area contributed by atoms with Crippen LogP contribution in [0.25, 0.3) is 0 Å². The number of carboxylic acids is 1. The number of anilines is 3. The minimum Gasteiger partial charge on any atom is -0.477 e. The van der Waals surface area contributed by atoms with E-state index in [9.17, 15) is 4.79 Å². The molecule has 0 aliphatic carbocycles. The van der Waals surface area contributed by atoms with Gasteiger partial charge in [0, 0.05) is 43.1 Å². The molecule has 0 saturated carbocycles. The molecule has 1 aromatic rings. The van der Waals surface area contributed by atoms with Crippen LogP contribution in [0.5, 0.6) is 0 Å². The van der Waals surface area contributed by atoms with Crippen molar-refractivity contribution in [2.45, 2.75) is 97.3 Å². The Morgan fingerprint density at radius 1 is 0.657 bits per heavy atom. The predicted octanol–water partition coefficient (Wildman–Crippen LogP) is 7.19. The molecule has 1 aromatic carbocycles. The average molecular weight is 492 g/mol. The van der Waals surface area contributed by atoms with Crippen molar-refractivity contribution in [2.75, 3.05) is 62.8 Å². The summed E-state index contributed by atoms with van der Waals surface area (Å²) in [5.74, 6) is -0.742. The Kier molecular flexibility index (Phi) is 17.1. The summed E-state index contributed by atoms with van der Waals surface area (Å²) in [6, 6.07) is 6.63. The van der Waals surface area contributed by atoms with E-state index in [2.05, 4.69) is 48.0 Å². The van der Waals surface area contributed by atoms with Gasteiger partial charge in [0.25, 0.3) is 0 Å². The van der Waals surface area contributed by atoms with Gasteiger partial charge < -0.3 is 25.5 Å². The Labute approximate surface area is 215 Å². The maximum Gasteiger partial charge on any atom is 0.359 e. The number of quaternary nitrogens is 1. The lowest BCUT2D eigenvalue weighted by Gasteiger charge is -2.27. The number of likely N-dealkylation sites (N-methyl/N-ethyl adjacent to an activating group) is 1. The standard InChI is InChI=1S/C29H54N4O2/c1-5-7-9-11-13-15-18-30-26-22-27(31-19-16-14-12-10-8-6-2)24-28(23-26)32-20-17-21-33(3,4)25-29(34)35/h22-24,30-32H,5-21,25H2,1-4H3/p+1. The van der Waals surface area contributed by atoms with Crippen LogP contribution >= 0.6 is 0 Å². The van der Waals surface area contributed by atoms with Crippen molar-refractivity contribution in [3.8, 4) is 0 Å². The molecule has 35 heavy (non-hydrogen) atoms. The van der Waals surface area contributed by atoms with Gasteiger partial charge in [-0.15, -0.1) is 0 Å². The molecule has 0 aliphatic rings. The lowest BCUT2D eigenvalue weighted by molar-refractivity contribution is -0.883. The molecule has 0 radical (unpaired) electrons. The Hall–Kier alpha value is -1.95. The van der Waals surface area contributed by atoms with Crippen LogP contribution in [0, 0.1) is 0 Å². The molecular weight excluding hydrogens is 436 g/mol. The monoisotopic (exact) mass is 491 g/mol. The summed E-state index contributed by atoms with van der Waals surface area (Å²) in [5.41, 5.74) is 3.44. The first-order valence-corrected chi connectivity index (χ1v) is 14.3. The molecule has 6 nitrogen and oxygen atoms in total. The maximum absolute atomic E-state index is 11.0. The lowest BCUT2D eigenvalue weighted by atomic mass is 10.1. The first-order valence-electron chi connectivity index (χ1n) is 14.3. The van der Waals surface area contributed by atoms with Crippen LogP contribution in [0.4, 0.5) is 17.1 Å². The summed E-state index contributed by atoms with van der Waals surface area (Å²) in [7, 11) is 3.95. The SMILES string of the molecule is CCCCCCCCNc1cc(NCCCCCCCC)cc(NCCC[N+](C)(C)CC(=O)O)c1. The third kappa shape index (κ3) is 17.2. The van der Waals surface area contributed by atoms with Crippen molar-refractivity contribution in [1.82, 2.24) is 0 Å². The van der Waals surface area contributed by atoms with Gasteiger partial charge >= 0.3 is 5.97 Å². The molecule has 1 rings (SSSR count). The number of unbranched alkanes of at least 4 members (excludes halogenated alkanes) is 10. The Morgan fingerprint density at radius 2 is 1.03 bits per heavy atom. The minimum absolute atomic E-state index is 0.157. The van der Waals surface area contributed by atoms with Gasteiger partial charge in [-0.1, -0.05) is 78.1 Å². The van der Waals surface area contributed by atoms with Crippen molar-refractivity contribution in [1.29, 1.82) is 0 Å². The van der Waals surface area contributed by atoms with Crippen LogP contribution in [0.3, 0.4) is 0 Å². The number of carbonyl (C=O) groups is 1. The molecule has 0 aromatic heterocycles. The van der Waals surface area contributed by atoms with Crippen LogP contribution in [0.1, 0.15) is 97.3 Å². The van der Waals surface area contributed by atoms with Crippen molar-refractivity contribution in [2.24, 2.45) is 0 Å². The molecule has 202 valence electrons. The highest BCUT2D eigenvalue weighted by atomic mass is 16.4. The second-order valence-electron chi connectivity index (χ2n) is 10.7. The van der Waals surface area contributed by atoms with Crippen molar-refractivity contribution >= 4 is 23.0 Å². The summed E-state index contributed by atoms with van der Waals surface area (Å²) in [5, 5.41) is 19.9. The largest absolute Gasteiger partial charge is 0.477 e. The van der Waals surface area contributed by atoms with E-state index in [4.69, 9.17) is 5.11 Å². The highest BCUT2D eigenvalue weighted by Crippen LogP contribution is 2.23. The van der Waals surface area contributed by atoms with Gasteiger partial charge in [-0.25, -0.2) is 4.79 Å². The highest BCUT2D eigenvalue weighted by Gasteiger charge is 2.18. The zero-order chi connectivity index (χ0) is 25.8. The molecule has 4 N–H and O–H groups in total. The van der Waals surface area contributed by atoms with Crippen LogP contribution in [-0.4, -0.2) is 62.4 Å². The quantitative estimate of drug-likeness (QED) is 0.0962. The topological polar surface area (TPSA) is 73.4 Å². The molecule has 0 bridgehead atoms. The first kappa shape index (κ1) is 31.1. The summed E-state index contributed by atoms with van der Waals surface area (Å²) in [6.07, 6.45) is 16.6. The number of nitrogens with one attached hydrogen (secondary N) is 3. The molecule has 0 unspecified atom stereocenters. The normalized spacial score (nSPS) is 11.4. The fraction of sp³-hybridized carbons (Fsp3) is 0.759. The summed E-state index contributed by atoms with van der Waals surface area (Å²) in [6.45, 7) is 8.36. The van der Waals surface area contributed by atoms with E-state index in [1.54, 1.807) is 0 Å². The Bertz CT molecular complexity index is 642. The fourth-order valence-corrected chi connectivity index (χ4v) is 4.39. The number of carboxylic acid groups (broad SMARTS) is 1. The number of aliphatic carboxylic acids is 1. The van der Waals surface area contributed by atoms with Gasteiger partial charge in [0.1, 0.15) is 0 Å². The van der Waals surface area contributed by atoms with Gasteiger partial charge in [-0.3, -0.25) is 0 Å². The number of nitrogens with zero attached hydrogens (tertiary/aromatic N) is 1. The number of rotatable bonds is 23. The Balaban J connectivity index is 2.55. The van der Waals surface area contributed by atoms with Gasteiger partial charge in [-0.05, 0) is 31.0 Å². The third-order valence-corrected chi connectivity index (χ3v) is 6.48. The molecule has 0 atom stereocenters. The van der Waals surface area contributed by atoms with E-state index in [1.165, 1.54) is 77.0 Å². The molecular formula is C29H55N4O2+. The van der Waals surface area contributed by atoms with Gasteiger partial charge in [0.2, 0.25) is 0 Å². The maximum atomic E-state index is 11.0. The number of hydrogen-bond donors (Lipinski definition) is 4. The van der Waals surface area contributed by atoms with Gasteiger partial charge in [0.15, 0.2) is 6.54 Å². The average Bonchev–Trinajstić information content (AvgIpc) is 2.80. The lowest BCUT2D eigenvalue weighted by Crippen LogP contribution is -2.44. The Morgan fingerprint density at radius 3 is 1.43 bits per heavy atom. The van der Waals surface area contributed by atoms with Crippen molar-refractivity contribution in [3.63, 3.8) is 0 Å². The smallest absolute Gasteiger partial charge is 0.359 e. The summed E-state index contributed by atoms with van der Waals surface area (Å²) >= 11 is 0. The van der Waals surface area contributed by atoms with E-state index in [-0.39, 0.29) is 6.54 Å². The molecule has 0 aliphatic heterocycles. The van der Waals surface area contributed by atoms with Crippen LogP contribution in [-0.2, 0) is 4.79 Å². The van der Waals surface area contributed by atoms with Crippen LogP contribution < -0.4 is 16.0 Å². The van der Waals surface area contributed by atoms with Crippen molar-refractivity contribution in [3.05, 3.63) is 18.2 Å². The minimum atomic E-state index is -0.742. The molecule has 0 saturated heterocycles. The first-order chi connectivity index (χ1) is 16.9. The number of hydrogen-bond acceptors (Lipinski definition) is 4. The molecule has 6 heteroatoms. The molecule has 0 amide bonds. The van der Waals surface area contributed by atoms with E-state index in [1.807, 2.05) is 14.1 Å². The van der Waals surface area contributed by atoms with E-state index in [0.717, 1.165) is 49.7 Å². The second-order valence-corrected chi connectivity index (χ2v) is 10.7. The second kappa shape index (κ2) is 19.3. The molecule has 0 fully saturated rings. The fourth-order valence-electron chi connectivity index (χ4n) is 4.39. The van der Waals surface area contributed by atoms with Crippen molar-refractivity contribution < 1.29 is 14.4 Å².